The first-order valence-electron chi connectivity index (χ1n) is 6.19. The van der Waals surface area contributed by atoms with Crippen LogP contribution in [0.1, 0.15) is 30.6 Å². The molecule has 96 valence electrons. The van der Waals surface area contributed by atoms with E-state index in [1.54, 1.807) is 36.1 Å². The molecule has 1 amide bonds. The van der Waals surface area contributed by atoms with E-state index in [0.29, 0.717) is 24.5 Å². The van der Waals surface area contributed by atoms with Crippen molar-refractivity contribution in [2.75, 3.05) is 18.1 Å². The van der Waals surface area contributed by atoms with Crippen molar-refractivity contribution in [3.63, 3.8) is 0 Å². The topological polar surface area (TPSA) is 46.6 Å². The fourth-order valence-electron chi connectivity index (χ4n) is 2.13. The zero-order chi connectivity index (χ0) is 13.1. The van der Waals surface area contributed by atoms with E-state index < -0.39 is 0 Å². The van der Waals surface area contributed by atoms with Crippen LogP contribution in [0.3, 0.4) is 0 Å². The average molecular weight is 247 g/mol. The molecule has 0 aromatic heterocycles. The molecule has 1 fully saturated rings. The van der Waals surface area contributed by atoms with E-state index in [2.05, 4.69) is 6.92 Å². The summed E-state index contributed by atoms with van der Waals surface area (Å²) in [5.74, 6) is 0.207. The Balaban J connectivity index is 2.13. The predicted molar refractivity (Wildman–Crippen MR) is 68.5 cm³/mol. The number of hydrogen-bond donors (Lipinski definition) is 0. The summed E-state index contributed by atoms with van der Waals surface area (Å²) in [7, 11) is 0. The van der Waals surface area contributed by atoms with Gasteiger partial charge < -0.3 is 9.64 Å². The number of hydrogen-bond acceptors (Lipinski definition) is 3. The number of anilines is 1. The van der Waals surface area contributed by atoms with Crippen LogP contribution >= 0.6 is 0 Å². The Kier molecular flexibility index (Phi) is 3.65. The molecule has 1 aromatic carbocycles. The number of carbonyl (C=O) groups is 2. The molecule has 0 saturated carbocycles. The number of nitrogens with zero attached hydrogens (tertiary/aromatic N) is 1. The van der Waals surface area contributed by atoms with E-state index in [4.69, 9.17) is 4.74 Å². The summed E-state index contributed by atoms with van der Waals surface area (Å²) in [6.07, 6.45) is 0.597. The van der Waals surface area contributed by atoms with Crippen LogP contribution in [-0.4, -0.2) is 25.0 Å². The van der Waals surface area contributed by atoms with Crippen LogP contribution in [-0.2, 0) is 9.53 Å². The Morgan fingerprint density at radius 2 is 2.06 bits per heavy atom. The van der Waals surface area contributed by atoms with Crippen LogP contribution in [0.15, 0.2) is 24.3 Å². The third-order valence-corrected chi connectivity index (χ3v) is 3.01. The number of esters is 1. The molecule has 1 aliphatic heterocycles. The molecular formula is C14H17NO3. The first kappa shape index (κ1) is 12.6. The summed E-state index contributed by atoms with van der Waals surface area (Å²) in [5.41, 5.74) is 1.36. The number of amides is 1. The number of carbonyl (C=O) groups excluding carboxylic acids is 2. The molecule has 0 bridgehead atoms. The Morgan fingerprint density at radius 1 is 1.39 bits per heavy atom. The van der Waals surface area contributed by atoms with Gasteiger partial charge in [-0.25, -0.2) is 4.79 Å². The molecule has 18 heavy (non-hydrogen) atoms. The van der Waals surface area contributed by atoms with Gasteiger partial charge in [-0.2, -0.15) is 0 Å². The van der Waals surface area contributed by atoms with Crippen molar-refractivity contribution < 1.29 is 14.3 Å². The molecule has 0 N–H and O–H groups in total. The van der Waals surface area contributed by atoms with E-state index in [9.17, 15) is 9.59 Å². The van der Waals surface area contributed by atoms with E-state index in [0.717, 1.165) is 12.2 Å². The van der Waals surface area contributed by atoms with Gasteiger partial charge in [-0.15, -0.1) is 0 Å². The molecule has 2 rings (SSSR count). The van der Waals surface area contributed by atoms with Gasteiger partial charge in [0.05, 0.1) is 12.2 Å². The highest BCUT2D eigenvalue weighted by Crippen LogP contribution is 2.24. The van der Waals surface area contributed by atoms with Crippen molar-refractivity contribution in [2.45, 2.75) is 20.3 Å². The third-order valence-electron chi connectivity index (χ3n) is 3.01. The van der Waals surface area contributed by atoms with Gasteiger partial charge in [0.15, 0.2) is 0 Å². The highest BCUT2D eigenvalue weighted by molar-refractivity contribution is 5.96. The lowest BCUT2D eigenvalue weighted by molar-refractivity contribution is -0.117. The maximum Gasteiger partial charge on any atom is 0.338 e. The minimum Gasteiger partial charge on any atom is -0.462 e. The van der Waals surface area contributed by atoms with Gasteiger partial charge in [-0.05, 0) is 37.1 Å². The molecule has 0 radical (unpaired) electrons. The first-order valence-corrected chi connectivity index (χ1v) is 6.19. The maximum absolute atomic E-state index is 11.7. The monoisotopic (exact) mass is 247 g/mol. The first-order chi connectivity index (χ1) is 8.61. The molecule has 4 nitrogen and oxygen atoms in total. The summed E-state index contributed by atoms with van der Waals surface area (Å²) in [6, 6.07) is 6.98. The highest BCUT2D eigenvalue weighted by atomic mass is 16.5. The van der Waals surface area contributed by atoms with E-state index in [-0.39, 0.29) is 11.9 Å². The van der Waals surface area contributed by atoms with Gasteiger partial charge in [-0.3, -0.25) is 4.79 Å². The summed E-state index contributed by atoms with van der Waals surface area (Å²) < 4.78 is 4.91. The van der Waals surface area contributed by atoms with Gasteiger partial charge in [0.1, 0.15) is 0 Å². The van der Waals surface area contributed by atoms with E-state index in [1.807, 2.05) is 0 Å². The second kappa shape index (κ2) is 5.21. The number of benzene rings is 1. The van der Waals surface area contributed by atoms with E-state index >= 15 is 0 Å². The Labute approximate surface area is 107 Å². The summed E-state index contributed by atoms with van der Waals surface area (Å²) in [6.45, 7) is 4.95. The van der Waals surface area contributed by atoms with Crippen LogP contribution < -0.4 is 4.90 Å². The van der Waals surface area contributed by atoms with E-state index in [1.165, 1.54) is 0 Å². The molecule has 0 spiro atoms. The molecule has 1 atom stereocenters. The highest BCUT2D eigenvalue weighted by Gasteiger charge is 2.27. The molecule has 1 aliphatic rings. The predicted octanol–water partition coefficient (Wildman–Crippen LogP) is 2.24. The normalized spacial score (nSPS) is 19.1. The van der Waals surface area contributed by atoms with Gasteiger partial charge in [0.25, 0.3) is 0 Å². The molecular weight excluding hydrogens is 230 g/mol. The van der Waals surface area contributed by atoms with Crippen molar-refractivity contribution >= 4 is 17.6 Å². The largest absolute Gasteiger partial charge is 0.462 e. The number of ether oxygens (including phenoxy) is 1. The van der Waals surface area contributed by atoms with Gasteiger partial charge in [0, 0.05) is 18.7 Å². The second-order valence-corrected chi connectivity index (χ2v) is 4.58. The zero-order valence-corrected chi connectivity index (χ0v) is 10.7. The van der Waals surface area contributed by atoms with Crippen molar-refractivity contribution in [3.8, 4) is 0 Å². The fourth-order valence-corrected chi connectivity index (χ4v) is 2.13. The average Bonchev–Trinajstić information content (AvgIpc) is 2.69. The molecule has 1 unspecified atom stereocenters. The van der Waals surface area contributed by atoms with Gasteiger partial charge in [0.2, 0.25) is 5.91 Å². The lowest BCUT2D eigenvalue weighted by Crippen LogP contribution is -2.24. The summed E-state index contributed by atoms with van der Waals surface area (Å²) in [5, 5.41) is 0. The summed E-state index contributed by atoms with van der Waals surface area (Å²) in [4.78, 5) is 25.0. The van der Waals surface area contributed by atoms with Crippen molar-refractivity contribution in [1.29, 1.82) is 0 Å². The van der Waals surface area contributed by atoms with Crippen LogP contribution in [0.25, 0.3) is 0 Å². The van der Waals surface area contributed by atoms with Gasteiger partial charge in [-0.1, -0.05) is 6.92 Å². The maximum atomic E-state index is 11.7. The lowest BCUT2D eigenvalue weighted by atomic mass is 10.2. The molecule has 1 saturated heterocycles. The smallest absolute Gasteiger partial charge is 0.338 e. The van der Waals surface area contributed by atoms with Gasteiger partial charge >= 0.3 is 5.97 Å². The molecule has 1 aromatic rings. The van der Waals surface area contributed by atoms with Crippen LogP contribution in [0.4, 0.5) is 5.69 Å². The summed E-state index contributed by atoms with van der Waals surface area (Å²) >= 11 is 0. The second-order valence-electron chi connectivity index (χ2n) is 4.58. The Hall–Kier alpha value is -1.84. The quantitative estimate of drug-likeness (QED) is 0.769. The molecule has 4 heteroatoms. The minimum atomic E-state index is -0.329. The van der Waals surface area contributed by atoms with Crippen LogP contribution in [0.2, 0.25) is 0 Å². The van der Waals surface area contributed by atoms with Crippen LogP contribution in [0.5, 0.6) is 0 Å². The third kappa shape index (κ3) is 2.53. The molecule has 1 heterocycles. The Morgan fingerprint density at radius 3 is 2.56 bits per heavy atom. The SMILES string of the molecule is CCOC(=O)c1ccc(N2CC(C)CC2=O)cc1. The van der Waals surface area contributed by atoms with Crippen LogP contribution in [0, 0.1) is 5.92 Å². The van der Waals surface area contributed by atoms with Crippen molar-refractivity contribution in [3.05, 3.63) is 29.8 Å². The number of rotatable bonds is 3. The van der Waals surface area contributed by atoms with Crippen molar-refractivity contribution in [1.82, 2.24) is 0 Å². The minimum absolute atomic E-state index is 0.145. The standard InChI is InChI=1S/C14H17NO3/c1-3-18-14(17)11-4-6-12(7-5-11)15-9-10(2)8-13(15)16/h4-7,10H,3,8-9H2,1-2H3. The molecule has 0 aliphatic carbocycles. The zero-order valence-electron chi connectivity index (χ0n) is 10.7. The van der Waals surface area contributed by atoms with Crippen molar-refractivity contribution in [2.24, 2.45) is 5.92 Å². The fraction of sp³-hybridized carbons (Fsp3) is 0.429. The lowest BCUT2D eigenvalue weighted by Gasteiger charge is -2.16. The Bertz CT molecular complexity index is 453.